The third kappa shape index (κ3) is 5.20. The van der Waals surface area contributed by atoms with E-state index >= 15 is 0 Å². The first-order valence-corrected chi connectivity index (χ1v) is 9.57. The quantitative estimate of drug-likeness (QED) is 0.756. The average molecular weight is 397 g/mol. The summed E-state index contributed by atoms with van der Waals surface area (Å²) in [4.78, 5) is 40.1. The molecule has 1 atom stereocenters. The fourth-order valence-corrected chi connectivity index (χ4v) is 3.37. The lowest BCUT2D eigenvalue weighted by molar-refractivity contribution is -0.120. The number of aliphatic imine (C=N–C) groups is 1. The molecule has 0 aliphatic carbocycles. The van der Waals surface area contributed by atoms with Crippen LogP contribution < -0.4 is 10.6 Å². The molecule has 2 N–H and O–H groups in total. The van der Waals surface area contributed by atoms with Crippen LogP contribution in [0.25, 0.3) is 0 Å². The van der Waals surface area contributed by atoms with Gasteiger partial charge >= 0.3 is 5.97 Å². The van der Waals surface area contributed by atoms with Crippen LogP contribution in [0.2, 0.25) is 0 Å². The molecular formula is C20H19N3O4S. The Labute approximate surface area is 166 Å². The van der Waals surface area contributed by atoms with Crippen molar-refractivity contribution in [3.8, 4) is 0 Å². The van der Waals surface area contributed by atoms with Crippen molar-refractivity contribution in [3.63, 3.8) is 0 Å². The second-order valence-electron chi connectivity index (χ2n) is 6.02. The third-order valence-electron chi connectivity index (χ3n) is 4.01. The van der Waals surface area contributed by atoms with Crippen LogP contribution in [0, 0.1) is 0 Å². The fraction of sp³-hybridized carbons (Fsp3) is 0.200. The zero-order chi connectivity index (χ0) is 19.9. The summed E-state index contributed by atoms with van der Waals surface area (Å²) < 4.78 is 4.63. The van der Waals surface area contributed by atoms with E-state index < -0.39 is 5.97 Å². The predicted molar refractivity (Wildman–Crippen MR) is 108 cm³/mol. The molecule has 0 saturated heterocycles. The summed E-state index contributed by atoms with van der Waals surface area (Å²) in [7, 11) is 1.31. The van der Waals surface area contributed by atoms with Gasteiger partial charge in [-0.2, -0.15) is 0 Å². The number of nitrogens with zero attached hydrogens (tertiary/aromatic N) is 1. The number of amidine groups is 1. The topological polar surface area (TPSA) is 96.9 Å². The number of carbonyl (C=O) groups is 3. The lowest BCUT2D eigenvalue weighted by Crippen LogP contribution is -2.35. The maximum Gasteiger partial charge on any atom is 0.337 e. The lowest BCUT2D eigenvalue weighted by atomic mass is 10.0. The van der Waals surface area contributed by atoms with Crippen molar-refractivity contribution in [1.29, 1.82) is 0 Å². The molecule has 0 bridgehead atoms. The molecule has 2 amide bonds. The minimum absolute atomic E-state index is 0.0966. The van der Waals surface area contributed by atoms with Crippen LogP contribution in [-0.4, -0.2) is 35.8 Å². The van der Waals surface area contributed by atoms with Crippen molar-refractivity contribution in [2.45, 2.75) is 12.5 Å². The number of benzene rings is 2. The summed E-state index contributed by atoms with van der Waals surface area (Å²) in [5.74, 6) is -0.702. The highest BCUT2D eigenvalue weighted by Crippen LogP contribution is 2.25. The molecule has 28 heavy (non-hydrogen) atoms. The monoisotopic (exact) mass is 397 g/mol. The molecule has 3 rings (SSSR count). The molecule has 2 aromatic carbocycles. The SMILES string of the molecule is COC(=O)c1ccc(NC(=O)CSC2=N[C@@H](c3ccccc3)CC(=O)N2)cc1. The van der Waals surface area contributed by atoms with Gasteiger partial charge in [0.15, 0.2) is 5.17 Å². The van der Waals surface area contributed by atoms with Crippen LogP contribution >= 0.6 is 11.8 Å². The van der Waals surface area contributed by atoms with Crippen LogP contribution in [0.5, 0.6) is 0 Å². The van der Waals surface area contributed by atoms with E-state index in [0.717, 1.165) is 5.56 Å². The highest BCUT2D eigenvalue weighted by Gasteiger charge is 2.23. The van der Waals surface area contributed by atoms with E-state index in [1.54, 1.807) is 24.3 Å². The minimum Gasteiger partial charge on any atom is -0.465 e. The van der Waals surface area contributed by atoms with E-state index in [9.17, 15) is 14.4 Å². The standard InChI is InChI=1S/C20H19N3O4S/c1-27-19(26)14-7-9-15(10-8-14)21-18(25)12-28-20-22-16(11-17(24)23-20)13-5-3-2-4-6-13/h2-10,16H,11-12H2,1H3,(H,21,25)(H,22,23,24)/t16-/m1/s1. The molecule has 2 aromatic rings. The average Bonchev–Trinajstić information content (AvgIpc) is 2.72. The summed E-state index contributed by atoms with van der Waals surface area (Å²) in [6.45, 7) is 0. The van der Waals surface area contributed by atoms with Gasteiger partial charge < -0.3 is 15.4 Å². The second-order valence-corrected chi connectivity index (χ2v) is 6.98. The zero-order valence-electron chi connectivity index (χ0n) is 15.2. The molecule has 1 heterocycles. The van der Waals surface area contributed by atoms with Gasteiger partial charge in [-0.1, -0.05) is 42.1 Å². The molecule has 0 aromatic heterocycles. The largest absolute Gasteiger partial charge is 0.465 e. The number of anilines is 1. The summed E-state index contributed by atoms with van der Waals surface area (Å²) in [5, 5.41) is 5.88. The summed E-state index contributed by atoms with van der Waals surface area (Å²) >= 11 is 1.17. The van der Waals surface area contributed by atoms with E-state index in [2.05, 4.69) is 20.4 Å². The van der Waals surface area contributed by atoms with E-state index in [-0.39, 0.29) is 30.0 Å². The Morgan fingerprint density at radius 3 is 2.57 bits per heavy atom. The van der Waals surface area contributed by atoms with Gasteiger partial charge in [0.2, 0.25) is 11.8 Å². The number of hydrogen-bond acceptors (Lipinski definition) is 6. The van der Waals surface area contributed by atoms with E-state index in [0.29, 0.717) is 16.4 Å². The van der Waals surface area contributed by atoms with Gasteiger partial charge in [0.25, 0.3) is 0 Å². The first-order valence-electron chi connectivity index (χ1n) is 8.59. The van der Waals surface area contributed by atoms with Gasteiger partial charge in [-0.15, -0.1) is 0 Å². The molecule has 8 heteroatoms. The van der Waals surface area contributed by atoms with Crippen molar-refractivity contribution >= 4 is 40.4 Å². The van der Waals surface area contributed by atoms with Crippen molar-refractivity contribution < 1.29 is 19.1 Å². The maximum absolute atomic E-state index is 12.2. The smallest absolute Gasteiger partial charge is 0.337 e. The molecule has 7 nitrogen and oxygen atoms in total. The number of esters is 1. The number of carbonyl (C=O) groups excluding carboxylic acids is 3. The zero-order valence-corrected chi connectivity index (χ0v) is 16.0. The molecule has 0 spiro atoms. The van der Waals surface area contributed by atoms with Crippen LogP contribution in [0.15, 0.2) is 59.6 Å². The van der Waals surface area contributed by atoms with Gasteiger partial charge in [0, 0.05) is 5.69 Å². The van der Waals surface area contributed by atoms with Gasteiger partial charge in [-0.05, 0) is 29.8 Å². The predicted octanol–water partition coefficient (Wildman–Crippen LogP) is 2.76. The number of thioether (sulfide) groups is 1. The Balaban J connectivity index is 1.57. The number of ether oxygens (including phenoxy) is 1. The Kier molecular flexibility index (Phi) is 6.44. The minimum atomic E-state index is -0.438. The maximum atomic E-state index is 12.2. The summed E-state index contributed by atoms with van der Waals surface area (Å²) in [6, 6.07) is 15.7. The van der Waals surface area contributed by atoms with Crippen molar-refractivity contribution in [1.82, 2.24) is 5.32 Å². The summed E-state index contributed by atoms with van der Waals surface area (Å²) in [6.07, 6.45) is 0.285. The number of hydrogen-bond donors (Lipinski definition) is 2. The second kappa shape index (κ2) is 9.18. The van der Waals surface area contributed by atoms with Crippen molar-refractivity contribution in [2.75, 3.05) is 18.2 Å². The third-order valence-corrected chi connectivity index (χ3v) is 4.90. The number of methoxy groups -OCH3 is 1. The highest BCUT2D eigenvalue weighted by molar-refractivity contribution is 8.14. The Hall–Kier alpha value is -3.13. The van der Waals surface area contributed by atoms with Crippen molar-refractivity contribution in [3.05, 3.63) is 65.7 Å². The lowest BCUT2D eigenvalue weighted by Gasteiger charge is -2.20. The Morgan fingerprint density at radius 1 is 1.18 bits per heavy atom. The molecule has 144 valence electrons. The van der Waals surface area contributed by atoms with Gasteiger partial charge in [0.05, 0.1) is 30.9 Å². The normalized spacial score (nSPS) is 16.0. The van der Waals surface area contributed by atoms with Crippen LogP contribution in [-0.2, 0) is 14.3 Å². The molecule has 0 saturated carbocycles. The first-order chi connectivity index (χ1) is 13.5. The molecule has 0 unspecified atom stereocenters. The van der Waals surface area contributed by atoms with Gasteiger partial charge in [0.1, 0.15) is 0 Å². The number of rotatable bonds is 5. The summed E-state index contributed by atoms with van der Waals surface area (Å²) in [5.41, 5.74) is 1.93. The van der Waals surface area contributed by atoms with Gasteiger partial charge in [-0.25, -0.2) is 4.79 Å². The molecule has 1 aliphatic heterocycles. The van der Waals surface area contributed by atoms with E-state index in [1.165, 1.54) is 18.9 Å². The van der Waals surface area contributed by atoms with Crippen molar-refractivity contribution in [2.24, 2.45) is 4.99 Å². The molecule has 0 fully saturated rings. The van der Waals surface area contributed by atoms with Crippen LogP contribution in [0.3, 0.4) is 0 Å². The molecule has 0 radical (unpaired) electrons. The van der Waals surface area contributed by atoms with E-state index in [1.807, 2.05) is 30.3 Å². The fourth-order valence-electron chi connectivity index (χ4n) is 2.64. The number of amides is 2. The Bertz CT molecular complexity index is 897. The Morgan fingerprint density at radius 2 is 1.89 bits per heavy atom. The van der Waals surface area contributed by atoms with Gasteiger partial charge in [-0.3, -0.25) is 14.6 Å². The highest BCUT2D eigenvalue weighted by atomic mass is 32.2. The number of nitrogens with one attached hydrogen (secondary N) is 2. The first kappa shape index (κ1) is 19.6. The van der Waals surface area contributed by atoms with Crippen LogP contribution in [0.4, 0.5) is 5.69 Å². The molecule has 1 aliphatic rings. The van der Waals surface area contributed by atoms with E-state index in [4.69, 9.17) is 0 Å². The molecular weight excluding hydrogens is 378 g/mol. The van der Waals surface area contributed by atoms with Crippen LogP contribution in [0.1, 0.15) is 28.4 Å².